The predicted octanol–water partition coefficient (Wildman–Crippen LogP) is 4.63. The van der Waals surface area contributed by atoms with E-state index in [1.165, 1.54) is 15.2 Å². The number of nitrogens with two attached hydrogens (primary N) is 1. The first-order valence-electron chi connectivity index (χ1n) is 6.18. The van der Waals surface area contributed by atoms with E-state index in [0.717, 1.165) is 22.4 Å². The lowest BCUT2D eigenvalue weighted by Crippen LogP contribution is -2.01. The molecule has 0 fully saturated rings. The fourth-order valence-corrected chi connectivity index (χ4v) is 3.51. The molecular formula is C16H12N2S. The number of anilines is 3. The molecule has 19 heavy (non-hydrogen) atoms. The van der Waals surface area contributed by atoms with E-state index in [9.17, 15) is 0 Å². The summed E-state index contributed by atoms with van der Waals surface area (Å²) in [6.07, 6.45) is 0. The Balaban J connectivity index is 2.01. The second-order valence-corrected chi connectivity index (χ2v) is 5.69. The average molecular weight is 264 g/mol. The maximum Gasteiger partial charge on any atom is 0.0626 e. The van der Waals surface area contributed by atoms with E-state index in [0.29, 0.717) is 0 Å². The van der Waals surface area contributed by atoms with Gasteiger partial charge < -0.3 is 11.1 Å². The van der Waals surface area contributed by atoms with Gasteiger partial charge in [-0.2, -0.15) is 0 Å². The highest BCUT2D eigenvalue weighted by atomic mass is 32.2. The Kier molecular flexibility index (Phi) is 2.23. The fourth-order valence-electron chi connectivity index (χ4n) is 2.51. The molecule has 3 aromatic carbocycles. The molecule has 0 atom stereocenters. The van der Waals surface area contributed by atoms with E-state index in [1.807, 2.05) is 18.2 Å². The van der Waals surface area contributed by atoms with E-state index in [1.54, 1.807) is 11.8 Å². The van der Waals surface area contributed by atoms with Crippen LogP contribution in [0.4, 0.5) is 17.1 Å². The van der Waals surface area contributed by atoms with Crippen LogP contribution < -0.4 is 11.1 Å². The first-order valence-corrected chi connectivity index (χ1v) is 7.00. The maximum absolute atomic E-state index is 6.15. The zero-order chi connectivity index (χ0) is 12.8. The normalized spacial score (nSPS) is 12.6. The smallest absolute Gasteiger partial charge is 0.0626 e. The van der Waals surface area contributed by atoms with Gasteiger partial charge in [-0.05, 0) is 29.7 Å². The van der Waals surface area contributed by atoms with Crippen LogP contribution >= 0.6 is 11.8 Å². The van der Waals surface area contributed by atoms with Gasteiger partial charge in [-0.3, -0.25) is 0 Å². The van der Waals surface area contributed by atoms with E-state index in [4.69, 9.17) is 5.73 Å². The van der Waals surface area contributed by atoms with Crippen LogP contribution in [0.15, 0.2) is 64.4 Å². The predicted molar refractivity (Wildman–Crippen MR) is 82.2 cm³/mol. The Labute approximate surface area is 115 Å². The highest BCUT2D eigenvalue weighted by Crippen LogP contribution is 2.47. The third-order valence-corrected chi connectivity index (χ3v) is 4.54. The molecule has 0 saturated heterocycles. The van der Waals surface area contributed by atoms with Crippen LogP contribution in [0.5, 0.6) is 0 Å². The van der Waals surface area contributed by atoms with E-state index >= 15 is 0 Å². The van der Waals surface area contributed by atoms with Crippen molar-refractivity contribution < 1.29 is 0 Å². The molecule has 3 aromatic rings. The summed E-state index contributed by atoms with van der Waals surface area (Å²) in [5, 5.41) is 5.81. The summed E-state index contributed by atoms with van der Waals surface area (Å²) >= 11 is 1.79. The van der Waals surface area contributed by atoms with E-state index < -0.39 is 0 Å². The molecule has 0 aromatic heterocycles. The van der Waals surface area contributed by atoms with Gasteiger partial charge in [-0.15, -0.1) is 0 Å². The summed E-state index contributed by atoms with van der Waals surface area (Å²) in [4.78, 5) is 2.48. The number of nitrogens with one attached hydrogen (secondary N) is 1. The summed E-state index contributed by atoms with van der Waals surface area (Å²) in [5.41, 5.74) is 9.25. The lowest BCUT2D eigenvalue weighted by Gasteiger charge is -2.22. The minimum atomic E-state index is 0.821. The van der Waals surface area contributed by atoms with Crippen LogP contribution in [0.25, 0.3) is 10.8 Å². The lowest BCUT2D eigenvalue weighted by atomic mass is 10.1. The SMILES string of the molecule is Nc1cccc2ccc3c(c12)Nc1ccccc1S3. The summed E-state index contributed by atoms with van der Waals surface area (Å²) in [5.74, 6) is 0. The highest BCUT2D eigenvalue weighted by Gasteiger charge is 2.18. The molecule has 0 spiro atoms. The molecule has 1 heterocycles. The molecular weight excluding hydrogens is 252 g/mol. The second-order valence-electron chi connectivity index (χ2n) is 4.61. The van der Waals surface area contributed by atoms with Crippen molar-refractivity contribution in [3.8, 4) is 0 Å². The average Bonchev–Trinajstić information content (AvgIpc) is 2.45. The molecule has 2 nitrogen and oxygen atoms in total. The first-order chi connectivity index (χ1) is 9.33. The molecule has 1 aliphatic heterocycles. The van der Waals surface area contributed by atoms with Crippen molar-refractivity contribution in [2.75, 3.05) is 11.1 Å². The van der Waals surface area contributed by atoms with Gasteiger partial charge in [0.2, 0.25) is 0 Å². The van der Waals surface area contributed by atoms with E-state index in [2.05, 4.69) is 41.7 Å². The number of hydrogen-bond acceptors (Lipinski definition) is 3. The Morgan fingerprint density at radius 3 is 2.68 bits per heavy atom. The van der Waals surface area contributed by atoms with Crippen LogP contribution in [0.1, 0.15) is 0 Å². The summed E-state index contributed by atoms with van der Waals surface area (Å²) in [6.45, 7) is 0. The van der Waals surface area contributed by atoms with Gasteiger partial charge in [-0.1, -0.05) is 42.1 Å². The zero-order valence-corrected chi connectivity index (χ0v) is 11.0. The molecule has 3 heteroatoms. The summed E-state index contributed by atoms with van der Waals surface area (Å²) < 4.78 is 0. The summed E-state index contributed by atoms with van der Waals surface area (Å²) in [6, 6.07) is 18.7. The highest BCUT2D eigenvalue weighted by molar-refractivity contribution is 7.99. The van der Waals surface area contributed by atoms with Crippen LogP contribution in [-0.4, -0.2) is 0 Å². The quantitative estimate of drug-likeness (QED) is 0.455. The van der Waals surface area contributed by atoms with Crippen molar-refractivity contribution in [2.45, 2.75) is 9.79 Å². The molecule has 0 aliphatic carbocycles. The lowest BCUT2D eigenvalue weighted by molar-refractivity contribution is 1.33. The number of rotatable bonds is 0. The van der Waals surface area contributed by atoms with Crippen molar-refractivity contribution in [2.24, 2.45) is 0 Å². The fraction of sp³-hybridized carbons (Fsp3) is 0. The van der Waals surface area contributed by atoms with Crippen molar-refractivity contribution >= 4 is 39.6 Å². The number of nitrogen functional groups attached to an aromatic ring is 1. The number of benzene rings is 3. The van der Waals surface area contributed by atoms with Crippen LogP contribution in [0, 0.1) is 0 Å². The van der Waals surface area contributed by atoms with Gasteiger partial charge in [0.25, 0.3) is 0 Å². The van der Waals surface area contributed by atoms with Gasteiger partial charge in [0.1, 0.15) is 0 Å². The number of hydrogen-bond donors (Lipinski definition) is 2. The largest absolute Gasteiger partial charge is 0.398 e. The molecule has 92 valence electrons. The zero-order valence-electron chi connectivity index (χ0n) is 10.2. The van der Waals surface area contributed by atoms with Crippen molar-refractivity contribution in [1.29, 1.82) is 0 Å². The Morgan fingerprint density at radius 2 is 1.74 bits per heavy atom. The Bertz CT molecular complexity index is 796. The molecule has 1 aliphatic rings. The van der Waals surface area contributed by atoms with Gasteiger partial charge in [0.15, 0.2) is 0 Å². The molecule has 0 amide bonds. The Hall–Kier alpha value is -2.13. The second kappa shape index (κ2) is 3.93. The van der Waals surface area contributed by atoms with E-state index in [-0.39, 0.29) is 0 Å². The minimum Gasteiger partial charge on any atom is -0.398 e. The van der Waals surface area contributed by atoms with Gasteiger partial charge in [0, 0.05) is 20.9 Å². The third-order valence-electron chi connectivity index (χ3n) is 3.41. The standard InChI is InChI=1S/C16H12N2S/c17-11-5-3-4-10-8-9-14-16(15(10)11)18-12-6-1-2-7-13(12)19-14/h1-9,18H,17H2. The molecule has 3 N–H and O–H groups in total. The number of para-hydroxylation sites is 1. The first kappa shape index (κ1) is 10.8. The molecule has 0 bridgehead atoms. The van der Waals surface area contributed by atoms with Gasteiger partial charge in [0.05, 0.1) is 11.4 Å². The van der Waals surface area contributed by atoms with Crippen LogP contribution in [0.3, 0.4) is 0 Å². The molecule has 4 rings (SSSR count). The van der Waals surface area contributed by atoms with Crippen molar-refractivity contribution in [3.05, 3.63) is 54.6 Å². The van der Waals surface area contributed by atoms with Crippen molar-refractivity contribution in [1.82, 2.24) is 0 Å². The third kappa shape index (κ3) is 1.59. The monoisotopic (exact) mass is 264 g/mol. The molecule has 0 radical (unpaired) electrons. The Morgan fingerprint density at radius 1 is 0.842 bits per heavy atom. The van der Waals surface area contributed by atoms with Crippen LogP contribution in [0.2, 0.25) is 0 Å². The topological polar surface area (TPSA) is 38.0 Å². The maximum atomic E-state index is 6.15. The van der Waals surface area contributed by atoms with Gasteiger partial charge in [-0.25, -0.2) is 0 Å². The minimum absolute atomic E-state index is 0.821. The molecule has 0 saturated carbocycles. The van der Waals surface area contributed by atoms with Gasteiger partial charge >= 0.3 is 0 Å². The van der Waals surface area contributed by atoms with Crippen LogP contribution in [-0.2, 0) is 0 Å². The molecule has 0 unspecified atom stereocenters. The van der Waals surface area contributed by atoms with Crippen molar-refractivity contribution in [3.63, 3.8) is 0 Å². The number of fused-ring (bicyclic) bond motifs is 4. The summed E-state index contributed by atoms with van der Waals surface area (Å²) in [7, 11) is 0.